The zero-order chi connectivity index (χ0) is 11.8. The van der Waals surface area contributed by atoms with Gasteiger partial charge in [0, 0.05) is 18.8 Å². The van der Waals surface area contributed by atoms with E-state index in [1.54, 1.807) is 6.08 Å². The Labute approximate surface area is 95.8 Å². The molecule has 0 amide bonds. The van der Waals surface area contributed by atoms with E-state index in [0.717, 1.165) is 30.0 Å². The van der Waals surface area contributed by atoms with Crippen LogP contribution in [0.2, 0.25) is 0 Å². The first-order valence-electron chi connectivity index (χ1n) is 5.45. The first-order valence-corrected chi connectivity index (χ1v) is 5.45. The molecule has 0 atom stereocenters. The van der Waals surface area contributed by atoms with E-state index in [9.17, 15) is 4.79 Å². The maximum absolute atomic E-state index is 10.3. The third-order valence-electron chi connectivity index (χ3n) is 2.96. The highest BCUT2D eigenvalue weighted by Crippen LogP contribution is 2.35. The Morgan fingerprint density at radius 2 is 2.06 bits per heavy atom. The van der Waals surface area contributed by atoms with Crippen LogP contribution < -0.4 is 4.90 Å². The summed E-state index contributed by atoms with van der Waals surface area (Å²) in [6, 6.07) is 6.03. The molecule has 84 valence electrons. The Hall–Kier alpha value is -1.60. The summed E-state index contributed by atoms with van der Waals surface area (Å²) in [5.74, 6) is 0. The predicted octanol–water partition coefficient (Wildman–Crippen LogP) is 2.81. The van der Waals surface area contributed by atoms with Gasteiger partial charge in [-0.2, -0.15) is 4.99 Å². The van der Waals surface area contributed by atoms with Gasteiger partial charge in [-0.3, -0.25) is 0 Å². The van der Waals surface area contributed by atoms with E-state index in [1.165, 1.54) is 0 Å². The molecule has 1 saturated heterocycles. The van der Waals surface area contributed by atoms with Crippen molar-refractivity contribution < 1.29 is 4.79 Å². The van der Waals surface area contributed by atoms with Gasteiger partial charge in [0.05, 0.1) is 5.69 Å². The Morgan fingerprint density at radius 3 is 2.62 bits per heavy atom. The van der Waals surface area contributed by atoms with Gasteiger partial charge in [-0.25, -0.2) is 4.79 Å². The van der Waals surface area contributed by atoms with E-state index < -0.39 is 0 Å². The van der Waals surface area contributed by atoms with Crippen LogP contribution in [0.4, 0.5) is 11.4 Å². The summed E-state index contributed by atoms with van der Waals surface area (Å²) in [6.45, 7) is 8.56. The van der Waals surface area contributed by atoms with Crippen LogP contribution in [-0.4, -0.2) is 19.2 Å². The lowest BCUT2D eigenvalue weighted by Crippen LogP contribution is -2.53. The van der Waals surface area contributed by atoms with Gasteiger partial charge in [0.1, 0.15) is 0 Å². The van der Waals surface area contributed by atoms with Crippen LogP contribution in [0.25, 0.3) is 0 Å². The van der Waals surface area contributed by atoms with E-state index in [0.29, 0.717) is 5.41 Å². The monoisotopic (exact) mass is 216 g/mol. The molecule has 16 heavy (non-hydrogen) atoms. The van der Waals surface area contributed by atoms with Crippen molar-refractivity contribution in [3.05, 3.63) is 23.8 Å². The van der Waals surface area contributed by atoms with Gasteiger partial charge in [0.2, 0.25) is 6.08 Å². The van der Waals surface area contributed by atoms with Gasteiger partial charge in [0.25, 0.3) is 0 Å². The second-order valence-corrected chi connectivity index (χ2v) is 5.19. The van der Waals surface area contributed by atoms with E-state index in [4.69, 9.17) is 0 Å². The fraction of sp³-hybridized carbons (Fsp3) is 0.462. The molecule has 0 spiro atoms. The molecule has 0 radical (unpaired) electrons. The summed E-state index contributed by atoms with van der Waals surface area (Å²) in [6.07, 6.45) is 1.60. The molecule has 1 heterocycles. The van der Waals surface area contributed by atoms with Crippen LogP contribution in [-0.2, 0) is 4.79 Å². The van der Waals surface area contributed by atoms with Crippen LogP contribution in [0, 0.1) is 12.3 Å². The fourth-order valence-electron chi connectivity index (χ4n) is 2.13. The van der Waals surface area contributed by atoms with Crippen LogP contribution in [0.5, 0.6) is 0 Å². The van der Waals surface area contributed by atoms with E-state index >= 15 is 0 Å². The van der Waals surface area contributed by atoms with E-state index in [1.807, 2.05) is 19.1 Å². The molecule has 1 fully saturated rings. The summed E-state index contributed by atoms with van der Waals surface area (Å²) in [5.41, 5.74) is 3.27. The molecule has 3 nitrogen and oxygen atoms in total. The van der Waals surface area contributed by atoms with Crippen molar-refractivity contribution >= 4 is 17.5 Å². The SMILES string of the molecule is Cc1ccc(N2CC(C)(C)C2)cc1N=C=O. The Bertz CT molecular complexity index is 451. The molecule has 0 saturated carbocycles. The zero-order valence-corrected chi connectivity index (χ0v) is 9.95. The molecule has 3 heteroatoms. The Kier molecular flexibility index (Phi) is 2.56. The molecule has 0 bridgehead atoms. The number of benzene rings is 1. The number of anilines is 1. The number of hydrogen-bond donors (Lipinski definition) is 0. The summed E-state index contributed by atoms with van der Waals surface area (Å²) in [4.78, 5) is 16.3. The van der Waals surface area contributed by atoms with Crippen LogP contribution in [0.1, 0.15) is 19.4 Å². The van der Waals surface area contributed by atoms with Crippen molar-refractivity contribution in [2.75, 3.05) is 18.0 Å². The molecule has 1 aromatic rings. The standard InChI is InChI=1S/C13H16N2O/c1-10-4-5-11(6-12(10)14-9-16)15-7-13(2,3)8-15/h4-6H,7-8H2,1-3H3. The molecule has 0 unspecified atom stereocenters. The highest BCUT2D eigenvalue weighted by atomic mass is 16.1. The highest BCUT2D eigenvalue weighted by molar-refractivity contribution is 5.63. The minimum absolute atomic E-state index is 0.402. The molecule has 2 rings (SSSR count). The van der Waals surface area contributed by atoms with Crippen molar-refractivity contribution in [3.8, 4) is 0 Å². The number of carbonyl (C=O) groups excluding carboxylic acids is 1. The van der Waals surface area contributed by atoms with Gasteiger partial charge in [-0.15, -0.1) is 0 Å². The van der Waals surface area contributed by atoms with Crippen molar-refractivity contribution in [2.45, 2.75) is 20.8 Å². The topological polar surface area (TPSA) is 32.7 Å². The highest BCUT2D eigenvalue weighted by Gasteiger charge is 2.34. The predicted molar refractivity (Wildman–Crippen MR) is 65.0 cm³/mol. The smallest absolute Gasteiger partial charge is 0.240 e. The van der Waals surface area contributed by atoms with Gasteiger partial charge in [-0.05, 0) is 30.0 Å². The van der Waals surface area contributed by atoms with Crippen LogP contribution >= 0.6 is 0 Å². The molecule has 0 aromatic heterocycles. The Balaban J connectivity index is 2.24. The third-order valence-corrected chi connectivity index (χ3v) is 2.96. The zero-order valence-electron chi connectivity index (χ0n) is 9.95. The summed E-state index contributed by atoms with van der Waals surface area (Å²) in [7, 11) is 0. The lowest BCUT2D eigenvalue weighted by molar-refractivity contribution is 0.276. The fourth-order valence-corrected chi connectivity index (χ4v) is 2.13. The first-order chi connectivity index (χ1) is 7.52. The molecule has 1 aliphatic heterocycles. The van der Waals surface area contributed by atoms with Crippen molar-refractivity contribution in [3.63, 3.8) is 0 Å². The van der Waals surface area contributed by atoms with Crippen molar-refractivity contribution in [1.82, 2.24) is 0 Å². The van der Waals surface area contributed by atoms with Crippen molar-refractivity contribution in [2.24, 2.45) is 10.4 Å². The lowest BCUT2D eigenvalue weighted by atomic mass is 9.84. The average Bonchev–Trinajstić information content (AvgIpc) is 2.18. The largest absolute Gasteiger partial charge is 0.370 e. The minimum Gasteiger partial charge on any atom is -0.370 e. The van der Waals surface area contributed by atoms with Crippen LogP contribution in [0.3, 0.4) is 0 Å². The second-order valence-electron chi connectivity index (χ2n) is 5.19. The number of aryl methyl sites for hydroxylation is 1. The molecule has 1 aliphatic rings. The van der Waals surface area contributed by atoms with Gasteiger partial charge >= 0.3 is 0 Å². The number of aliphatic imine (C=N–C) groups is 1. The molecular formula is C13H16N2O. The normalized spacial score (nSPS) is 17.6. The molecule has 1 aromatic carbocycles. The number of nitrogens with zero attached hydrogens (tertiary/aromatic N) is 2. The van der Waals surface area contributed by atoms with Crippen LogP contribution in [0.15, 0.2) is 23.2 Å². The second kappa shape index (κ2) is 3.76. The number of hydrogen-bond acceptors (Lipinski definition) is 3. The minimum atomic E-state index is 0.402. The lowest BCUT2D eigenvalue weighted by Gasteiger charge is -2.47. The molecule has 0 N–H and O–H groups in total. The van der Waals surface area contributed by atoms with Gasteiger partial charge in [-0.1, -0.05) is 19.9 Å². The average molecular weight is 216 g/mol. The molecular weight excluding hydrogens is 200 g/mol. The van der Waals surface area contributed by atoms with E-state index in [-0.39, 0.29) is 0 Å². The summed E-state index contributed by atoms with van der Waals surface area (Å²) < 4.78 is 0. The number of rotatable bonds is 2. The van der Waals surface area contributed by atoms with Gasteiger partial charge < -0.3 is 4.90 Å². The van der Waals surface area contributed by atoms with Gasteiger partial charge in [0.15, 0.2) is 0 Å². The third kappa shape index (κ3) is 2.00. The number of isocyanates is 1. The quantitative estimate of drug-likeness (QED) is 0.562. The molecule has 0 aliphatic carbocycles. The van der Waals surface area contributed by atoms with E-state index in [2.05, 4.69) is 29.8 Å². The maximum Gasteiger partial charge on any atom is 0.240 e. The summed E-state index contributed by atoms with van der Waals surface area (Å²) in [5, 5.41) is 0. The Morgan fingerprint density at radius 1 is 1.38 bits per heavy atom. The van der Waals surface area contributed by atoms with Crippen molar-refractivity contribution in [1.29, 1.82) is 0 Å². The summed E-state index contributed by atoms with van der Waals surface area (Å²) >= 11 is 0. The first kappa shape index (κ1) is 10.9. The maximum atomic E-state index is 10.3.